The summed E-state index contributed by atoms with van der Waals surface area (Å²) in [5, 5.41) is 10.1. The van der Waals surface area contributed by atoms with Gasteiger partial charge in [-0.3, -0.25) is 5.10 Å². The molecular weight excluding hydrogens is 216 g/mol. The molecule has 2 N–H and O–H groups in total. The highest BCUT2D eigenvalue weighted by molar-refractivity contribution is 5.00. The van der Waals surface area contributed by atoms with Crippen LogP contribution in [0.5, 0.6) is 0 Å². The Morgan fingerprint density at radius 3 is 2.88 bits per heavy atom. The molecule has 6 heteroatoms. The van der Waals surface area contributed by atoms with E-state index in [4.69, 9.17) is 0 Å². The van der Waals surface area contributed by atoms with Gasteiger partial charge in [-0.25, -0.2) is 9.97 Å². The zero-order valence-electron chi connectivity index (χ0n) is 10.4. The smallest absolute Gasteiger partial charge is 0.141 e. The highest BCUT2D eigenvalue weighted by Gasteiger charge is 2.10. The number of imidazole rings is 1. The molecule has 0 saturated carbocycles. The minimum atomic E-state index is 0.146. The summed E-state index contributed by atoms with van der Waals surface area (Å²) in [6.07, 6.45) is 5.27. The van der Waals surface area contributed by atoms with E-state index >= 15 is 0 Å². The van der Waals surface area contributed by atoms with Gasteiger partial charge in [0.05, 0.1) is 18.1 Å². The molecule has 0 aliphatic rings. The summed E-state index contributed by atoms with van der Waals surface area (Å²) >= 11 is 0. The molecule has 92 valence electrons. The summed E-state index contributed by atoms with van der Waals surface area (Å²) in [5.74, 6) is 0.848. The Labute approximate surface area is 100 Å². The lowest BCUT2D eigenvalue weighted by Gasteiger charge is -2.14. The number of nitrogens with zero attached hydrogens (tertiary/aromatic N) is 4. The van der Waals surface area contributed by atoms with Crippen LogP contribution in [0, 0.1) is 0 Å². The Hall–Kier alpha value is -1.69. The summed E-state index contributed by atoms with van der Waals surface area (Å²) in [6, 6.07) is 0.572. The van der Waals surface area contributed by atoms with Crippen LogP contribution in [-0.4, -0.2) is 24.7 Å². The lowest BCUT2D eigenvalue weighted by atomic mass is 10.3. The molecule has 1 unspecified atom stereocenters. The van der Waals surface area contributed by atoms with Crippen molar-refractivity contribution in [1.82, 2.24) is 30.0 Å². The predicted molar refractivity (Wildman–Crippen MR) is 64.2 cm³/mol. The van der Waals surface area contributed by atoms with Crippen molar-refractivity contribution in [2.75, 3.05) is 0 Å². The third kappa shape index (κ3) is 2.71. The average Bonchev–Trinajstić information content (AvgIpc) is 2.96. The number of hydrogen-bond acceptors (Lipinski definition) is 4. The second kappa shape index (κ2) is 5.09. The third-order valence-electron chi connectivity index (χ3n) is 2.74. The normalized spacial score (nSPS) is 13.2. The fraction of sp³-hybridized carbons (Fsp3) is 0.545. The number of aromatic nitrogens is 5. The van der Waals surface area contributed by atoms with Crippen LogP contribution in [0.1, 0.15) is 44.4 Å². The maximum Gasteiger partial charge on any atom is 0.141 e. The molecule has 17 heavy (non-hydrogen) atoms. The van der Waals surface area contributed by atoms with Crippen molar-refractivity contribution in [2.24, 2.45) is 0 Å². The van der Waals surface area contributed by atoms with Crippen LogP contribution in [0.4, 0.5) is 0 Å². The summed E-state index contributed by atoms with van der Waals surface area (Å²) < 4.78 is 2.15. The van der Waals surface area contributed by atoms with Crippen LogP contribution in [0.25, 0.3) is 0 Å². The summed E-state index contributed by atoms with van der Waals surface area (Å²) in [7, 11) is 0. The zero-order chi connectivity index (χ0) is 12.3. The molecule has 0 aliphatic heterocycles. The van der Waals surface area contributed by atoms with Crippen molar-refractivity contribution in [3.63, 3.8) is 0 Å². The van der Waals surface area contributed by atoms with Crippen molar-refractivity contribution in [1.29, 1.82) is 0 Å². The van der Waals surface area contributed by atoms with Gasteiger partial charge in [0.15, 0.2) is 0 Å². The highest BCUT2D eigenvalue weighted by Crippen LogP contribution is 2.11. The van der Waals surface area contributed by atoms with Gasteiger partial charge in [-0.05, 0) is 20.8 Å². The summed E-state index contributed by atoms with van der Waals surface area (Å²) in [5.41, 5.74) is 1.17. The molecule has 2 aromatic rings. The quantitative estimate of drug-likeness (QED) is 0.821. The van der Waals surface area contributed by atoms with Crippen LogP contribution >= 0.6 is 0 Å². The van der Waals surface area contributed by atoms with Gasteiger partial charge in [0.25, 0.3) is 0 Å². The Morgan fingerprint density at radius 2 is 2.24 bits per heavy atom. The van der Waals surface area contributed by atoms with Gasteiger partial charge in [-0.2, -0.15) is 5.10 Å². The van der Waals surface area contributed by atoms with Gasteiger partial charge in [0, 0.05) is 18.8 Å². The van der Waals surface area contributed by atoms with E-state index in [9.17, 15) is 0 Å². The number of rotatable bonds is 5. The van der Waals surface area contributed by atoms with E-state index in [1.807, 2.05) is 12.5 Å². The maximum absolute atomic E-state index is 4.17. The molecule has 0 saturated heterocycles. The Kier molecular flexibility index (Phi) is 3.53. The largest absolute Gasteiger partial charge is 0.331 e. The first kappa shape index (κ1) is 11.8. The second-order valence-electron chi connectivity index (χ2n) is 4.36. The highest BCUT2D eigenvalue weighted by atomic mass is 15.2. The minimum absolute atomic E-state index is 0.146. The Bertz CT molecular complexity index is 444. The first-order chi connectivity index (χ1) is 8.18. The van der Waals surface area contributed by atoms with Crippen molar-refractivity contribution < 1.29 is 0 Å². The number of H-pyrrole nitrogens is 1. The van der Waals surface area contributed by atoms with Crippen molar-refractivity contribution >= 4 is 0 Å². The molecule has 0 fully saturated rings. The number of hydrogen-bond donors (Lipinski definition) is 2. The minimum Gasteiger partial charge on any atom is -0.331 e. The zero-order valence-corrected chi connectivity index (χ0v) is 10.4. The van der Waals surface area contributed by atoms with Gasteiger partial charge >= 0.3 is 0 Å². The molecule has 0 amide bonds. The van der Waals surface area contributed by atoms with Gasteiger partial charge < -0.3 is 9.88 Å². The van der Waals surface area contributed by atoms with E-state index in [0.717, 1.165) is 12.4 Å². The van der Waals surface area contributed by atoms with E-state index in [0.29, 0.717) is 6.04 Å². The molecule has 0 aliphatic carbocycles. The molecule has 6 nitrogen and oxygen atoms in total. The predicted octanol–water partition coefficient (Wildman–Crippen LogP) is 1.43. The fourth-order valence-corrected chi connectivity index (χ4v) is 1.71. The van der Waals surface area contributed by atoms with E-state index < -0.39 is 0 Å². The Balaban J connectivity index is 1.96. The SMILES string of the molecule is CC(NCc1cncn1C(C)C)c1ncn[nH]1. The van der Waals surface area contributed by atoms with Gasteiger partial charge in [0.2, 0.25) is 0 Å². The molecule has 0 aromatic carbocycles. The van der Waals surface area contributed by atoms with Crippen LogP contribution in [0.2, 0.25) is 0 Å². The van der Waals surface area contributed by atoms with E-state index in [2.05, 4.69) is 50.8 Å². The molecule has 0 spiro atoms. The molecule has 0 radical (unpaired) electrons. The van der Waals surface area contributed by atoms with E-state index in [1.165, 1.54) is 12.0 Å². The van der Waals surface area contributed by atoms with Crippen LogP contribution in [0.15, 0.2) is 18.9 Å². The van der Waals surface area contributed by atoms with Crippen LogP contribution < -0.4 is 5.32 Å². The first-order valence-electron chi connectivity index (χ1n) is 5.78. The fourth-order valence-electron chi connectivity index (χ4n) is 1.71. The monoisotopic (exact) mass is 234 g/mol. The van der Waals surface area contributed by atoms with Gasteiger partial charge in [-0.1, -0.05) is 0 Å². The molecule has 2 heterocycles. The van der Waals surface area contributed by atoms with Gasteiger partial charge in [-0.15, -0.1) is 0 Å². The van der Waals surface area contributed by atoms with E-state index in [-0.39, 0.29) is 6.04 Å². The average molecular weight is 234 g/mol. The molecule has 0 bridgehead atoms. The molecule has 1 atom stereocenters. The van der Waals surface area contributed by atoms with Crippen molar-refractivity contribution in [2.45, 2.75) is 39.4 Å². The lowest BCUT2D eigenvalue weighted by molar-refractivity contribution is 0.506. The molecular formula is C11H18N6. The molecule has 2 aromatic heterocycles. The van der Waals surface area contributed by atoms with Gasteiger partial charge in [0.1, 0.15) is 12.2 Å². The summed E-state index contributed by atoms with van der Waals surface area (Å²) in [4.78, 5) is 8.29. The maximum atomic E-state index is 4.17. The lowest BCUT2D eigenvalue weighted by Crippen LogP contribution is -2.21. The third-order valence-corrected chi connectivity index (χ3v) is 2.74. The number of aromatic amines is 1. The van der Waals surface area contributed by atoms with Crippen molar-refractivity contribution in [3.8, 4) is 0 Å². The van der Waals surface area contributed by atoms with Crippen LogP contribution in [0.3, 0.4) is 0 Å². The topological polar surface area (TPSA) is 71.4 Å². The first-order valence-corrected chi connectivity index (χ1v) is 5.78. The number of nitrogens with one attached hydrogen (secondary N) is 2. The second-order valence-corrected chi connectivity index (χ2v) is 4.36. The van der Waals surface area contributed by atoms with E-state index in [1.54, 1.807) is 0 Å². The van der Waals surface area contributed by atoms with Crippen LogP contribution in [-0.2, 0) is 6.54 Å². The standard InChI is InChI=1S/C11H18N6/c1-8(2)17-7-12-4-10(17)5-13-9(3)11-14-6-15-16-11/h4,6-9,13H,5H2,1-3H3,(H,14,15,16). The Morgan fingerprint density at radius 1 is 1.41 bits per heavy atom. The molecule has 2 rings (SSSR count). The summed E-state index contributed by atoms with van der Waals surface area (Å²) in [6.45, 7) is 7.10. The van der Waals surface area contributed by atoms with Crippen molar-refractivity contribution in [3.05, 3.63) is 30.4 Å².